The van der Waals surface area contributed by atoms with Gasteiger partial charge in [-0.2, -0.15) is 0 Å². The third-order valence-corrected chi connectivity index (χ3v) is 3.77. The van der Waals surface area contributed by atoms with Crippen LogP contribution in [-0.4, -0.2) is 41.5 Å². The zero-order valence-corrected chi connectivity index (χ0v) is 14.0. The summed E-state index contributed by atoms with van der Waals surface area (Å²) in [4.78, 5) is 32.1. The summed E-state index contributed by atoms with van der Waals surface area (Å²) in [6.45, 7) is 0.702. The summed E-state index contributed by atoms with van der Waals surface area (Å²) < 4.78 is 0. The fraction of sp³-hybridized carbons (Fsp3) is 0.385. The van der Waals surface area contributed by atoms with E-state index < -0.39 is 5.09 Å². The van der Waals surface area contributed by atoms with Gasteiger partial charge < -0.3 is 15.9 Å². The molecule has 1 aromatic carbocycles. The predicted molar refractivity (Wildman–Crippen MR) is 90.7 cm³/mol. The van der Waals surface area contributed by atoms with Crippen LogP contribution >= 0.6 is 23.2 Å². The summed E-state index contributed by atoms with van der Waals surface area (Å²) in [6.07, 6.45) is 0.324. The zero-order chi connectivity index (χ0) is 17.7. The highest BCUT2D eigenvalue weighted by molar-refractivity contribution is 6.40. The Bertz CT molecular complexity index is 659. The van der Waals surface area contributed by atoms with Gasteiger partial charge in [-0.1, -0.05) is 23.2 Å². The van der Waals surface area contributed by atoms with E-state index in [9.17, 15) is 14.9 Å². The molecule has 130 valence electrons. The summed E-state index contributed by atoms with van der Waals surface area (Å²) in [5.41, 5.74) is 6.47. The number of hydrogen-bond donors (Lipinski definition) is 2. The van der Waals surface area contributed by atoms with Crippen molar-refractivity contribution < 1.29 is 14.7 Å². The third kappa shape index (κ3) is 4.62. The lowest BCUT2D eigenvalue weighted by Gasteiger charge is -2.20. The Morgan fingerprint density at radius 3 is 2.75 bits per heavy atom. The van der Waals surface area contributed by atoms with Gasteiger partial charge in [0, 0.05) is 18.7 Å². The number of carbonyl (C=O) groups excluding carboxylic acids is 1. The Labute approximate surface area is 147 Å². The first-order valence-corrected chi connectivity index (χ1v) is 7.77. The Balaban J connectivity index is 1.98. The molecule has 9 nitrogen and oxygen atoms in total. The number of nitrogens with zero attached hydrogens (tertiary/aromatic N) is 3. The Morgan fingerprint density at radius 1 is 1.46 bits per heavy atom. The number of aliphatic imine (C=N–C) groups is 1. The largest absolute Gasteiger partial charge is 0.399 e. The smallest absolute Gasteiger partial charge is 0.294 e. The van der Waals surface area contributed by atoms with Crippen molar-refractivity contribution in [3.63, 3.8) is 0 Å². The highest BCUT2D eigenvalue weighted by Gasteiger charge is 2.24. The van der Waals surface area contributed by atoms with Gasteiger partial charge in [-0.05, 0) is 18.6 Å². The maximum Gasteiger partial charge on any atom is 0.294 e. The van der Waals surface area contributed by atoms with Crippen molar-refractivity contribution in [2.75, 3.05) is 30.7 Å². The van der Waals surface area contributed by atoms with E-state index in [2.05, 4.69) is 15.1 Å². The van der Waals surface area contributed by atoms with E-state index in [1.165, 1.54) is 17.0 Å². The molecule has 0 bridgehead atoms. The molecule has 1 amide bonds. The van der Waals surface area contributed by atoms with E-state index in [0.717, 1.165) is 0 Å². The van der Waals surface area contributed by atoms with E-state index in [-0.39, 0.29) is 25.4 Å². The van der Waals surface area contributed by atoms with Crippen LogP contribution in [0.1, 0.15) is 12.8 Å². The third-order valence-electron chi connectivity index (χ3n) is 3.17. The SMILES string of the molecule is Nc1cc(Cl)c(NC2=NCCN2C(=O)CCCO[N+](=O)[O-])c(Cl)c1. The summed E-state index contributed by atoms with van der Waals surface area (Å²) in [5.74, 6) is 0.0946. The molecule has 3 N–H and O–H groups in total. The van der Waals surface area contributed by atoms with Gasteiger partial charge in [0.1, 0.15) is 0 Å². The average Bonchev–Trinajstić information content (AvgIpc) is 2.95. The molecule has 24 heavy (non-hydrogen) atoms. The lowest BCUT2D eigenvalue weighted by atomic mass is 10.2. The minimum absolute atomic E-state index is 0.0950. The second-order valence-electron chi connectivity index (χ2n) is 4.90. The molecule has 0 unspecified atom stereocenters. The molecular formula is C13H15Cl2N5O4. The minimum atomic E-state index is -0.889. The predicted octanol–water partition coefficient (Wildman–Crippen LogP) is 2.17. The number of nitrogen functional groups attached to an aromatic ring is 1. The quantitative estimate of drug-likeness (QED) is 0.340. The van der Waals surface area contributed by atoms with Gasteiger partial charge in [0.25, 0.3) is 5.09 Å². The van der Waals surface area contributed by atoms with E-state index in [0.29, 0.717) is 40.5 Å². The monoisotopic (exact) mass is 375 g/mol. The molecule has 0 saturated carbocycles. The molecule has 0 radical (unpaired) electrons. The van der Waals surface area contributed by atoms with Crippen molar-refractivity contribution in [2.24, 2.45) is 4.99 Å². The zero-order valence-electron chi connectivity index (χ0n) is 12.5. The first-order chi connectivity index (χ1) is 11.4. The van der Waals surface area contributed by atoms with Crippen LogP contribution in [0.4, 0.5) is 11.4 Å². The fourth-order valence-corrected chi connectivity index (χ4v) is 2.72. The molecule has 1 aromatic rings. The molecule has 11 heteroatoms. The van der Waals surface area contributed by atoms with Gasteiger partial charge in [-0.15, -0.1) is 10.1 Å². The number of nitrogens with one attached hydrogen (secondary N) is 1. The molecule has 1 aliphatic rings. The van der Waals surface area contributed by atoms with Gasteiger partial charge in [0.15, 0.2) is 0 Å². The van der Waals surface area contributed by atoms with E-state index in [1.807, 2.05) is 0 Å². The second kappa shape index (κ2) is 8.02. The van der Waals surface area contributed by atoms with Crippen LogP contribution < -0.4 is 11.1 Å². The number of guanidine groups is 1. The van der Waals surface area contributed by atoms with E-state index in [4.69, 9.17) is 28.9 Å². The molecule has 1 heterocycles. The molecule has 0 fully saturated rings. The van der Waals surface area contributed by atoms with Crippen molar-refractivity contribution in [1.29, 1.82) is 0 Å². The van der Waals surface area contributed by atoms with Crippen molar-refractivity contribution in [1.82, 2.24) is 4.90 Å². The summed E-state index contributed by atoms with van der Waals surface area (Å²) >= 11 is 12.2. The number of anilines is 2. The van der Waals surface area contributed by atoms with Crippen LogP contribution in [0.3, 0.4) is 0 Å². The van der Waals surface area contributed by atoms with E-state index >= 15 is 0 Å². The lowest BCUT2D eigenvalue weighted by Crippen LogP contribution is -2.38. The summed E-state index contributed by atoms with van der Waals surface area (Å²) in [6, 6.07) is 3.07. The Hall–Kier alpha value is -2.26. The first kappa shape index (κ1) is 18.1. The van der Waals surface area contributed by atoms with Crippen LogP contribution in [0.15, 0.2) is 17.1 Å². The standard InChI is InChI=1S/C13H15Cl2N5O4/c14-9-6-8(16)7-10(15)12(9)18-13-17-3-4-19(13)11(21)2-1-5-24-20(22)23/h6-7H,1-5,16H2,(H,17,18). The van der Waals surface area contributed by atoms with Gasteiger partial charge in [-0.3, -0.25) is 14.7 Å². The fourth-order valence-electron chi connectivity index (χ4n) is 2.12. The number of halogens is 2. The number of nitrogens with two attached hydrogens (primary N) is 1. The van der Waals surface area contributed by atoms with Gasteiger partial charge in [-0.25, -0.2) is 0 Å². The maximum absolute atomic E-state index is 12.2. The van der Waals surface area contributed by atoms with Crippen LogP contribution in [-0.2, 0) is 9.63 Å². The minimum Gasteiger partial charge on any atom is -0.399 e. The molecule has 2 rings (SSSR count). The number of benzene rings is 1. The molecule has 0 saturated heterocycles. The van der Waals surface area contributed by atoms with Crippen molar-refractivity contribution in [3.05, 3.63) is 32.3 Å². The average molecular weight is 376 g/mol. The van der Waals surface area contributed by atoms with Crippen molar-refractivity contribution >= 4 is 46.4 Å². The second-order valence-corrected chi connectivity index (χ2v) is 5.71. The van der Waals surface area contributed by atoms with Crippen LogP contribution in [0.25, 0.3) is 0 Å². The van der Waals surface area contributed by atoms with Gasteiger partial charge in [0.05, 0.1) is 28.9 Å². The normalized spacial score (nSPS) is 13.6. The van der Waals surface area contributed by atoms with Crippen LogP contribution in [0.2, 0.25) is 10.0 Å². The lowest BCUT2D eigenvalue weighted by molar-refractivity contribution is -0.757. The number of hydrogen-bond acceptors (Lipinski definition) is 7. The topological polar surface area (TPSA) is 123 Å². The maximum atomic E-state index is 12.2. The highest BCUT2D eigenvalue weighted by Crippen LogP contribution is 2.33. The molecule has 0 spiro atoms. The number of amides is 1. The molecule has 0 aliphatic carbocycles. The van der Waals surface area contributed by atoms with Gasteiger partial charge in [0.2, 0.25) is 11.9 Å². The number of carbonyl (C=O) groups is 1. The highest BCUT2D eigenvalue weighted by atomic mass is 35.5. The molecular weight excluding hydrogens is 361 g/mol. The van der Waals surface area contributed by atoms with Crippen LogP contribution in [0, 0.1) is 10.1 Å². The van der Waals surface area contributed by atoms with Crippen LogP contribution in [0.5, 0.6) is 0 Å². The molecule has 1 aliphatic heterocycles. The van der Waals surface area contributed by atoms with Gasteiger partial charge >= 0.3 is 0 Å². The van der Waals surface area contributed by atoms with Crippen molar-refractivity contribution in [2.45, 2.75) is 12.8 Å². The first-order valence-electron chi connectivity index (χ1n) is 7.02. The number of rotatable bonds is 6. The summed E-state index contributed by atoms with van der Waals surface area (Å²) in [5, 5.41) is 12.7. The Kier molecular flexibility index (Phi) is 6.04. The Morgan fingerprint density at radius 2 is 2.12 bits per heavy atom. The molecule has 0 atom stereocenters. The van der Waals surface area contributed by atoms with E-state index in [1.54, 1.807) is 0 Å². The van der Waals surface area contributed by atoms with Crippen molar-refractivity contribution in [3.8, 4) is 0 Å². The molecule has 0 aromatic heterocycles. The summed E-state index contributed by atoms with van der Waals surface area (Å²) in [7, 11) is 0.